The molecule has 2 aromatic rings. The number of benzene rings is 2. The maximum atomic E-state index is 12.8. The lowest BCUT2D eigenvalue weighted by Crippen LogP contribution is -2.40. The van der Waals surface area contributed by atoms with E-state index >= 15 is 0 Å². The summed E-state index contributed by atoms with van der Waals surface area (Å²) >= 11 is 0. The first-order chi connectivity index (χ1) is 10.8. The summed E-state index contributed by atoms with van der Waals surface area (Å²) in [6.45, 7) is 2.40. The van der Waals surface area contributed by atoms with Crippen LogP contribution in [0.2, 0.25) is 0 Å². The van der Waals surface area contributed by atoms with E-state index in [1.807, 2.05) is 23.1 Å². The minimum atomic E-state index is -0.0421. The van der Waals surface area contributed by atoms with Crippen LogP contribution in [-0.4, -0.2) is 23.4 Å². The fourth-order valence-corrected chi connectivity index (χ4v) is 3.61. The van der Waals surface area contributed by atoms with Crippen LogP contribution in [0.15, 0.2) is 54.6 Å². The van der Waals surface area contributed by atoms with E-state index in [-0.39, 0.29) is 11.9 Å². The Morgan fingerprint density at radius 2 is 1.59 bits per heavy atom. The molecule has 0 spiro atoms. The summed E-state index contributed by atoms with van der Waals surface area (Å²) in [7, 11) is 0. The van der Waals surface area contributed by atoms with Crippen LogP contribution in [0, 0.1) is 0 Å². The van der Waals surface area contributed by atoms with E-state index in [0.717, 1.165) is 26.1 Å². The lowest BCUT2D eigenvalue weighted by molar-refractivity contribution is -0.133. The van der Waals surface area contributed by atoms with Crippen LogP contribution in [0.4, 0.5) is 0 Å². The molecular formula is C19H20N2O. The standard InChI is InChI=1S/C19H20N2O/c22-19(21-12-15-8-4-5-9-16(15)13-21)18-10-17(11-20-18)14-6-2-1-3-7-14/h1-9,17-18,20H,10-13H2/t17-,18-/m1/s1. The predicted molar refractivity (Wildman–Crippen MR) is 86.3 cm³/mol. The molecule has 1 N–H and O–H groups in total. The van der Waals surface area contributed by atoms with Gasteiger partial charge >= 0.3 is 0 Å². The molecular weight excluding hydrogens is 272 g/mol. The molecule has 112 valence electrons. The summed E-state index contributed by atoms with van der Waals surface area (Å²) < 4.78 is 0. The van der Waals surface area contributed by atoms with E-state index in [4.69, 9.17) is 0 Å². The van der Waals surface area contributed by atoms with E-state index in [0.29, 0.717) is 5.92 Å². The summed E-state index contributed by atoms with van der Waals surface area (Å²) in [6, 6.07) is 18.8. The summed E-state index contributed by atoms with van der Waals surface area (Å²) in [6.07, 6.45) is 0.899. The molecule has 2 heterocycles. The van der Waals surface area contributed by atoms with E-state index in [9.17, 15) is 4.79 Å². The van der Waals surface area contributed by atoms with Crippen molar-refractivity contribution in [1.82, 2.24) is 10.2 Å². The summed E-state index contributed by atoms with van der Waals surface area (Å²) in [5, 5.41) is 3.42. The summed E-state index contributed by atoms with van der Waals surface area (Å²) in [5.41, 5.74) is 3.90. The third-order valence-corrected chi connectivity index (χ3v) is 4.85. The van der Waals surface area contributed by atoms with Crippen molar-refractivity contribution in [2.75, 3.05) is 6.54 Å². The second kappa shape index (κ2) is 5.58. The predicted octanol–water partition coefficient (Wildman–Crippen LogP) is 2.67. The molecule has 0 unspecified atom stereocenters. The highest BCUT2D eigenvalue weighted by Crippen LogP contribution is 2.29. The van der Waals surface area contributed by atoms with Crippen LogP contribution in [0.25, 0.3) is 0 Å². The minimum Gasteiger partial charge on any atom is -0.333 e. The fraction of sp³-hybridized carbons (Fsp3) is 0.316. The maximum absolute atomic E-state index is 12.8. The van der Waals surface area contributed by atoms with Gasteiger partial charge in [0, 0.05) is 19.6 Å². The third kappa shape index (κ3) is 2.42. The first kappa shape index (κ1) is 13.5. The lowest BCUT2D eigenvalue weighted by atomic mass is 9.96. The highest BCUT2D eigenvalue weighted by atomic mass is 16.2. The van der Waals surface area contributed by atoms with Gasteiger partial charge in [0.05, 0.1) is 6.04 Å². The van der Waals surface area contributed by atoms with Gasteiger partial charge in [0.15, 0.2) is 0 Å². The quantitative estimate of drug-likeness (QED) is 0.923. The molecule has 0 bridgehead atoms. The topological polar surface area (TPSA) is 32.3 Å². The molecule has 1 fully saturated rings. The Morgan fingerprint density at radius 3 is 2.27 bits per heavy atom. The van der Waals surface area contributed by atoms with Crippen molar-refractivity contribution < 1.29 is 4.79 Å². The minimum absolute atomic E-state index is 0.0421. The van der Waals surface area contributed by atoms with Crippen LogP contribution >= 0.6 is 0 Å². The van der Waals surface area contributed by atoms with Crippen molar-refractivity contribution >= 4 is 5.91 Å². The maximum Gasteiger partial charge on any atom is 0.240 e. The SMILES string of the molecule is O=C([C@H]1C[C@@H](c2ccccc2)CN1)N1Cc2ccccc2C1. The van der Waals surface area contributed by atoms with Gasteiger partial charge < -0.3 is 10.2 Å². The van der Waals surface area contributed by atoms with Gasteiger partial charge in [-0.05, 0) is 29.0 Å². The summed E-state index contributed by atoms with van der Waals surface area (Å²) in [5.74, 6) is 0.690. The van der Waals surface area contributed by atoms with E-state index in [2.05, 4.69) is 41.7 Å². The van der Waals surface area contributed by atoms with Crippen LogP contribution in [0.1, 0.15) is 29.0 Å². The Balaban J connectivity index is 1.43. The van der Waals surface area contributed by atoms with Crippen LogP contribution in [0.3, 0.4) is 0 Å². The average molecular weight is 292 g/mol. The van der Waals surface area contributed by atoms with E-state index < -0.39 is 0 Å². The molecule has 22 heavy (non-hydrogen) atoms. The molecule has 0 aromatic heterocycles. The number of hydrogen-bond donors (Lipinski definition) is 1. The molecule has 4 rings (SSSR count). The highest BCUT2D eigenvalue weighted by molar-refractivity contribution is 5.83. The number of nitrogens with one attached hydrogen (secondary N) is 1. The van der Waals surface area contributed by atoms with Gasteiger partial charge in [-0.25, -0.2) is 0 Å². The van der Waals surface area contributed by atoms with Gasteiger partial charge in [-0.1, -0.05) is 54.6 Å². The zero-order chi connectivity index (χ0) is 14.9. The van der Waals surface area contributed by atoms with E-state index in [1.54, 1.807) is 0 Å². The molecule has 2 aromatic carbocycles. The average Bonchev–Trinajstić information content (AvgIpc) is 3.22. The largest absolute Gasteiger partial charge is 0.333 e. The molecule has 0 aliphatic carbocycles. The summed E-state index contributed by atoms with van der Waals surface area (Å²) in [4.78, 5) is 14.7. The normalized spacial score (nSPS) is 23.5. The van der Waals surface area contributed by atoms with Crippen LogP contribution < -0.4 is 5.32 Å². The Bertz CT molecular complexity index is 658. The van der Waals surface area contributed by atoms with Gasteiger partial charge in [0.1, 0.15) is 0 Å². The lowest BCUT2D eigenvalue weighted by Gasteiger charge is -2.20. The molecule has 1 amide bonds. The Hall–Kier alpha value is -2.13. The van der Waals surface area contributed by atoms with Gasteiger partial charge in [0.25, 0.3) is 0 Å². The molecule has 2 aliphatic heterocycles. The molecule has 3 heteroatoms. The first-order valence-electron chi connectivity index (χ1n) is 7.95. The van der Waals surface area contributed by atoms with Crippen molar-refractivity contribution in [1.29, 1.82) is 0 Å². The molecule has 2 atom stereocenters. The molecule has 1 saturated heterocycles. The van der Waals surface area contributed by atoms with Crippen molar-refractivity contribution in [2.24, 2.45) is 0 Å². The third-order valence-electron chi connectivity index (χ3n) is 4.85. The smallest absolute Gasteiger partial charge is 0.240 e. The number of carbonyl (C=O) groups excluding carboxylic acids is 1. The zero-order valence-electron chi connectivity index (χ0n) is 12.5. The van der Waals surface area contributed by atoms with Crippen molar-refractivity contribution in [3.63, 3.8) is 0 Å². The Kier molecular flexibility index (Phi) is 3.43. The van der Waals surface area contributed by atoms with Crippen molar-refractivity contribution in [3.8, 4) is 0 Å². The number of hydrogen-bond acceptors (Lipinski definition) is 2. The number of amides is 1. The second-order valence-electron chi connectivity index (χ2n) is 6.27. The Labute approximate surface area is 131 Å². The van der Waals surface area contributed by atoms with Crippen molar-refractivity contribution in [2.45, 2.75) is 31.5 Å². The van der Waals surface area contributed by atoms with E-state index in [1.165, 1.54) is 16.7 Å². The molecule has 0 saturated carbocycles. The van der Waals surface area contributed by atoms with Gasteiger partial charge in [-0.2, -0.15) is 0 Å². The molecule has 0 radical (unpaired) electrons. The molecule has 2 aliphatic rings. The molecule has 3 nitrogen and oxygen atoms in total. The fourth-order valence-electron chi connectivity index (χ4n) is 3.61. The second-order valence-corrected chi connectivity index (χ2v) is 6.27. The number of nitrogens with zero attached hydrogens (tertiary/aromatic N) is 1. The number of fused-ring (bicyclic) bond motifs is 1. The number of carbonyl (C=O) groups is 1. The zero-order valence-corrected chi connectivity index (χ0v) is 12.5. The van der Waals surface area contributed by atoms with Gasteiger partial charge in [-0.15, -0.1) is 0 Å². The van der Waals surface area contributed by atoms with Crippen LogP contribution in [-0.2, 0) is 17.9 Å². The van der Waals surface area contributed by atoms with Crippen LogP contribution in [0.5, 0.6) is 0 Å². The van der Waals surface area contributed by atoms with Gasteiger partial charge in [-0.3, -0.25) is 4.79 Å². The number of rotatable bonds is 2. The Morgan fingerprint density at radius 1 is 0.955 bits per heavy atom. The van der Waals surface area contributed by atoms with Crippen molar-refractivity contribution in [3.05, 3.63) is 71.3 Å². The highest BCUT2D eigenvalue weighted by Gasteiger charge is 2.34. The first-order valence-corrected chi connectivity index (χ1v) is 7.95. The monoisotopic (exact) mass is 292 g/mol. The van der Waals surface area contributed by atoms with Gasteiger partial charge in [0.2, 0.25) is 5.91 Å².